The minimum Gasteiger partial charge on any atom is -0.481 e. The van der Waals surface area contributed by atoms with Crippen molar-refractivity contribution in [3.05, 3.63) is 23.4 Å². The van der Waals surface area contributed by atoms with Gasteiger partial charge in [-0.15, -0.1) is 11.8 Å². The summed E-state index contributed by atoms with van der Waals surface area (Å²) in [5.74, 6) is -4.81. The zero-order valence-electron chi connectivity index (χ0n) is 9.78. The van der Waals surface area contributed by atoms with E-state index in [-0.39, 0.29) is 0 Å². The van der Waals surface area contributed by atoms with Gasteiger partial charge in [0, 0.05) is 11.4 Å². The molecule has 1 aromatic rings. The van der Waals surface area contributed by atoms with Crippen LogP contribution in [0.3, 0.4) is 0 Å². The van der Waals surface area contributed by atoms with E-state index < -0.39 is 23.8 Å². The predicted octanol–water partition coefficient (Wildman–Crippen LogP) is 3.05. The topological polar surface area (TPSA) is 50.2 Å². The summed E-state index contributed by atoms with van der Waals surface area (Å²) in [4.78, 5) is 14.6. The zero-order valence-corrected chi connectivity index (χ0v) is 10.6. The van der Waals surface area contributed by atoms with Gasteiger partial charge in [0.15, 0.2) is 5.92 Å². The first kappa shape index (κ1) is 14.8. The fourth-order valence-electron chi connectivity index (χ4n) is 1.35. The molecule has 3 nitrogen and oxygen atoms in total. The number of carboxylic acid groups (broad SMARTS) is 1. The second kappa shape index (κ2) is 5.60. The Hall–Kier alpha value is -1.24. The van der Waals surface area contributed by atoms with Crippen LogP contribution in [0.25, 0.3) is 0 Å². The van der Waals surface area contributed by atoms with Gasteiger partial charge < -0.3 is 5.11 Å². The number of pyridine rings is 1. The van der Waals surface area contributed by atoms with Crippen LogP contribution < -0.4 is 0 Å². The second-order valence-electron chi connectivity index (χ2n) is 3.87. The lowest BCUT2D eigenvalue weighted by molar-refractivity contribution is -0.188. The van der Waals surface area contributed by atoms with E-state index in [9.17, 15) is 18.0 Å². The Morgan fingerprint density at radius 3 is 2.50 bits per heavy atom. The summed E-state index contributed by atoms with van der Waals surface area (Å²) >= 11 is 0.800. The molecule has 1 N–H and O–H groups in total. The summed E-state index contributed by atoms with van der Waals surface area (Å²) in [6.07, 6.45) is -4.74. The third-order valence-corrected chi connectivity index (χ3v) is 3.17. The van der Waals surface area contributed by atoms with Crippen molar-refractivity contribution in [3.63, 3.8) is 0 Å². The highest BCUT2D eigenvalue weighted by Crippen LogP contribution is 2.31. The van der Waals surface area contributed by atoms with E-state index in [0.29, 0.717) is 10.7 Å². The van der Waals surface area contributed by atoms with Gasteiger partial charge in [-0.2, -0.15) is 13.2 Å². The Labute approximate surface area is 106 Å². The van der Waals surface area contributed by atoms with Gasteiger partial charge >= 0.3 is 12.1 Å². The molecule has 1 aromatic heterocycles. The number of rotatable bonds is 4. The summed E-state index contributed by atoms with van der Waals surface area (Å²) in [6.45, 7) is 3.53. The van der Waals surface area contributed by atoms with E-state index >= 15 is 0 Å². The van der Waals surface area contributed by atoms with Gasteiger partial charge in [0.25, 0.3) is 0 Å². The lowest BCUT2D eigenvalue weighted by atomic mass is 10.2. The highest BCUT2D eigenvalue weighted by Gasteiger charge is 2.44. The van der Waals surface area contributed by atoms with Gasteiger partial charge in [-0.05, 0) is 31.5 Å². The molecule has 1 unspecified atom stereocenters. The van der Waals surface area contributed by atoms with E-state index in [1.54, 1.807) is 26.0 Å². The van der Waals surface area contributed by atoms with E-state index in [0.717, 1.165) is 17.3 Å². The van der Waals surface area contributed by atoms with Crippen molar-refractivity contribution < 1.29 is 23.1 Å². The number of aromatic nitrogens is 1. The number of thioether (sulfide) groups is 1. The number of hydrogen-bond acceptors (Lipinski definition) is 3. The Bertz CT molecular complexity index is 428. The molecule has 7 heteroatoms. The predicted molar refractivity (Wildman–Crippen MR) is 61.6 cm³/mol. The normalized spacial score (nSPS) is 13.4. The minimum absolute atomic E-state index is 0.406. The molecule has 0 aliphatic carbocycles. The summed E-state index contributed by atoms with van der Waals surface area (Å²) < 4.78 is 37.3. The monoisotopic (exact) mass is 279 g/mol. The van der Waals surface area contributed by atoms with Gasteiger partial charge in [0.1, 0.15) is 0 Å². The molecule has 1 heterocycles. The molecule has 0 fully saturated rings. The first-order valence-corrected chi connectivity index (χ1v) is 6.06. The summed E-state index contributed by atoms with van der Waals surface area (Å²) in [5, 5.41) is 8.95. The lowest BCUT2D eigenvalue weighted by Crippen LogP contribution is -2.32. The van der Waals surface area contributed by atoms with Crippen molar-refractivity contribution in [2.75, 3.05) is 5.75 Å². The molecular weight excluding hydrogens is 267 g/mol. The van der Waals surface area contributed by atoms with E-state index in [1.165, 1.54) is 0 Å². The molecule has 0 amide bonds. The van der Waals surface area contributed by atoms with Crippen LogP contribution in [0, 0.1) is 19.8 Å². The van der Waals surface area contributed by atoms with Crippen LogP contribution in [0.1, 0.15) is 11.3 Å². The third-order valence-electron chi connectivity index (χ3n) is 2.17. The van der Waals surface area contributed by atoms with Crippen molar-refractivity contribution >= 4 is 17.7 Å². The molecule has 0 aliphatic heterocycles. The van der Waals surface area contributed by atoms with Crippen LogP contribution in [0.4, 0.5) is 13.2 Å². The molecular formula is C11H12F3NO2S. The highest BCUT2D eigenvalue weighted by atomic mass is 32.2. The number of aryl methyl sites for hydroxylation is 2. The Morgan fingerprint density at radius 1 is 1.44 bits per heavy atom. The molecule has 0 aromatic carbocycles. The molecule has 0 bridgehead atoms. The largest absolute Gasteiger partial charge is 0.481 e. The SMILES string of the molecule is Cc1cc(C)nc(SCC(C(=O)O)C(F)(F)F)c1. The molecule has 0 saturated heterocycles. The Balaban J connectivity index is 2.76. The van der Waals surface area contributed by atoms with Gasteiger partial charge in [0.2, 0.25) is 0 Å². The number of carboxylic acids is 1. The number of nitrogens with zero attached hydrogens (tertiary/aromatic N) is 1. The quantitative estimate of drug-likeness (QED) is 0.861. The second-order valence-corrected chi connectivity index (χ2v) is 4.91. The van der Waals surface area contributed by atoms with Crippen LogP contribution in [0.15, 0.2) is 17.2 Å². The fraction of sp³-hybridized carbons (Fsp3) is 0.455. The Morgan fingerprint density at radius 2 is 2.06 bits per heavy atom. The molecule has 0 aliphatic rings. The number of aliphatic carboxylic acids is 1. The number of hydrogen-bond donors (Lipinski definition) is 1. The minimum atomic E-state index is -4.74. The molecule has 18 heavy (non-hydrogen) atoms. The van der Waals surface area contributed by atoms with Crippen molar-refractivity contribution in [1.82, 2.24) is 4.98 Å². The zero-order chi connectivity index (χ0) is 13.9. The van der Waals surface area contributed by atoms with E-state index in [1.807, 2.05) is 0 Å². The van der Waals surface area contributed by atoms with Gasteiger partial charge in [-0.1, -0.05) is 0 Å². The molecule has 1 rings (SSSR count). The van der Waals surface area contributed by atoms with E-state index in [4.69, 9.17) is 5.11 Å². The van der Waals surface area contributed by atoms with Crippen molar-refractivity contribution in [1.29, 1.82) is 0 Å². The van der Waals surface area contributed by atoms with Gasteiger partial charge in [-0.25, -0.2) is 4.98 Å². The van der Waals surface area contributed by atoms with Crippen LogP contribution in [0.2, 0.25) is 0 Å². The average molecular weight is 279 g/mol. The molecule has 100 valence electrons. The van der Waals surface area contributed by atoms with Crippen LogP contribution in [0.5, 0.6) is 0 Å². The molecule has 0 radical (unpaired) electrons. The van der Waals surface area contributed by atoms with Crippen molar-refractivity contribution in [2.24, 2.45) is 5.92 Å². The van der Waals surface area contributed by atoms with Crippen LogP contribution in [-0.4, -0.2) is 28.0 Å². The summed E-state index contributed by atoms with van der Waals surface area (Å²) in [7, 11) is 0. The number of carbonyl (C=O) groups is 1. The average Bonchev–Trinajstić information content (AvgIpc) is 2.12. The van der Waals surface area contributed by atoms with Crippen LogP contribution in [-0.2, 0) is 4.79 Å². The fourth-order valence-corrected chi connectivity index (χ4v) is 2.50. The molecule has 0 spiro atoms. The van der Waals surface area contributed by atoms with Gasteiger partial charge in [0.05, 0.1) is 5.03 Å². The number of halogens is 3. The number of alkyl halides is 3. The molecule has 1 atom stereocenters. The maximum atomic E-state index is 12.4. The maximum absolute atomic E-state index is 12.4. The third kappa shape index (κ3) is 4.21. The highest BCUT2D eigenvalue weighted by molar-refractivity contribution is 7.99. The standard InChI is InChI=1S/C11H12F3NO2S/c1-6-3-7(2)15-9(4-6)18-5-8(10(16)17)11(12,13)14/h3-4,8H,5H2,1-2H3,(H,16,17). The van der Waals surface area contributed by atoms with E-state index in [2.05, 4.69) is 4.98 Å². The first-order chi connectivity index (χ1) is 8.20. The maximum Gasteiger partial charge on any atom is 0.403 e. The van der Waals surface area contributed by atoms with Crippen molar-refractivity contribution in [3.8, 4) is 0 Å². The summed E-state index contributed by atoms with van der Waals surface area (Å²) in [5.41, 5.74) is 1.57. The Kier molecular flexibility index (Phi) is 4.61. The molecule has 0 saturated carbocycles. The van der Waals surface area contributed by atoms with Crippen molar-refractivity contribution in [2.45, 2.75) is 25.0 Å². The smallest absolute Gasteiger partial charge is 0.403 e. The first-order valence-electron chi connectivity index (χ1n) is 5.07. The van der Waals surface area contributed by atoms with Gasteiger partial charge in [-0.3, -0.25) is 4.79 Å². The van der Waals surface area contributed by atoms with Crippen LogP contribution >= 0.6 is 11.8 Å². The lowest BCUT2D eigenvalue weighted by Gasteiger charge is -2.15. The summed E-state index contributed by atoms with van der Waals surface area (Å²) in [6, 6.07) is 3.43.